The van der Waals surface area contributed by atoms with E-state index in [1.54, 1.807) is 24.0 Å². The molecule has 0 spiro atoms. The third-order valence-electron chi connectivity index (χ3n) is 1.36. The number of aromatic nitrogens is 1. The Balaban J connectivity index is 3.07. The number of rotatable bonds is 2. The summed E-state index contributed by atoms with van der Waals surface area (Å²) in [6.07, 6.45) is 1.60. The molecule has 0 aromatic carbocycles. The number of hydrogen-bond donors (Lipinski definition) is 1. The van der Waals surface area contributed by atoms with Crippen molar-refractivity contribution in [3.63, 3.8) is 0 Å². The van der Waals surface area contributed by atoms with Crippen molar-refractivity contribution in [2.75, 3.05) is 11.5 Å². The van der Waals surface area contributed by atoms with E-state index < -0.39 is 0 Å². The van der Waals surface area contributed by atoms with Crippen LogP contribution in [0.3, 0.4) is 0 Å². The Morgan fingerprint density at radius 3 is 3.08 bits per heavy atom. The van der Waals surface area contributed by atoms with E-state index in [-0.39, 0.29) is 0 Å². The number of anilines is 1. The molecule has 0 atom stereocenters. The van der Waals surface area contributed by atoms with Crippen LogP contribution in [0.4, 0.5) is 5.69 Å². The van der Waals surface area contributed by atoms with E-state index in [1.165, 1.54) is 0 Å². The molecule has 0 saturated carbocycles. The summed E-state index contributed by atoms with van der Waals surface area (Å²) >= 11 is 1.54. The molecule has 62 valence electrons. The van der Waals surface area contributed by atoms with E-state index in [9.17, 15) is 0 Å². The smallest absolute Gasteiger partial charge is 0.120 e. The molecule has 1 rings (SSSR count). The van der Waals surface area contributed by atoms with Crippen molar-refractivity contribution < 1.29 is 0 Å². The first-order chi connectivity index (χ1) is 5.79. The van der Waals surface area contributed by atoms with Gasteiger partial charge in [-0.1, -0.05) is 6.92 Å². The van der Waals surface area contributed by atoms with Crippen LogP contribution in [0.25, 0.3) is 0 Å². The largest absolute Gasteiger partial charge is 0.395 e. The molecule has 4 heteroatoms. The van der Waals surface area contributed by atoms with Crippen LogP contribution in [0.2, 0.25) is 0 Å². The number of nitriles is 1. The number of nitrogens with two attached hydrogens (primary N) is 1. The molecule has 3 nitrogen and oxygen atoms in total. The highest BCUT2D eigenvalue weighted by atomic mass is 32.2. The highest BCUT2D eigenvalue weighted by Crippen LogP contribution is 2.24. The maximum Gasteiger partial charge on any atom is 0.120 e. The molecule has 0 aliphatic heterocycles. The predicted octanol–water partition coefficient (Wildman–Crippen LogP) is 1.65. The van der Waals surface area contributed by atoms with Gasteiger partial charge in [-0.2, -0.15) is 5.26 Å². The van der Waals surface area contributed by atoms with Crippen LogP contribution >= 0.6 is 11.8 Å². The van der Waals surface area contributed by atoms with Crippen LogP contribution in [-0.4, -0.2) is 10.7 Å². The lowest BCUT2D eigenvalue weighted by atomic mass is 10.2. The lowest BCUT2D eigenvalue weighted by molar-refractivity contribution is 1.13. The molecule has 1 aromatic rings. The first-order valence-electron chi connectivity index (χ1n) is 3.57. The molecular formula is C8H9N3S. The average molecular weight is 179 g/mol. The van der Waals surface area contributed by atoms with Gasteiger partial charge in [0.1, 0.15) is 11.1 Å². The zero-order chi connectivity index (χ0) is 8.97. The third kappa shape index (κ3) is 1.69. The fourth-order valence-corrected chi connectivity index (χ4v) is 1.48. The molecule has 1 heterocycles. The van der Waals surface area contributed by atoms with Gasteiger partial charge in [0.15, 0.2) is 0 Å². The summed E-state index contributed by atoms with van der Waals surface area (Å²) in [4.78, 5) is 4.06. The Morgan fingerprint density at radius 2 is 2.50 bits per heavy atom. The van der Waals surface area contributed by atoms with E-state index >= 15 is 0 Å². The van der Waals surface area contributed by atoms with Crippen LogP contribution in [0, 0.1) is 11.3 Å². The first kappa shape index (κ1) is 8.88. The maximum atomic E-state index is 8.64. The maximum absolute atomic E-state index is 8.64. The second-order valence-electron chi connectivity index (χ2n) is 2.12. The minimum Gasteiger partial charge on any atom is -0.395 e. The number of nitrogen functional groups attached to an aromatic ring is 1. The molecule has 0 fully saturated rings. The van der Waals surface area contributed by atoms with Gasteiger partial charge in [-0.15, -0.1) is 11.8 Å². The van der Waals surface area contributed by atoms with Crippen LogP contribution in [-0.2, 0) is 0 Å². The summed E-state index contributed by atoms with van der Waals surface area (Å²) in [5, 5.41) is 9.39. The topological polar surface area (TPSA) is 62.7 Å². The monoisotopic (exact) mass is 179 g/mol. The zero-order valence-electron chi connectivity index (χ0n) is 6.74. The van der Waals surface area contributed by atoms with Gasteiger partial charge in [-0.25, -0.2) is 4.98 Å². The number of pyridine rings is 1. The summed E-state index contributed by atoms with van der Waals surface area (Å²) in [6, 6.07) is 3.64. The summed E-state index contributed by atoms with van der Waals surface area (Å²) in [6.45, 7) is 2.02. The van der Waals surface area contributed by atoms with E-state index in [0.29, 0.717) is 11.3 Å². The van der Waals surface area contributed by atoms with E-state index in [2.05, 4.69) is 4.98 Å². The van der Waals surface area contributed by atoms with Crippen LogP contribution in [0.15, 0.2) is 17.3 Å². The van der Waals surface area contributed by atoms with E-state index in [4.69, 9.17) is 11.0 Å². The highest BCUT2D eigenvalue weighted by molar-refractivity contribution is 7.99. The quantitative estimate of drug-likeness (QED) is 0.701. The fraction of sp³-hybridized carbons (Fsp3) is 0.250. The van der Waals surface area contributed by atoms with Gasteiger partial charge < -0.3 is 5.73 Å². The van der Waals surface area contributed by atoms with Crippen molar-refractivity contribution in [2.45, 2.75) is 11.9 Å². The van der Waals surface area contributed by atoms with Gasteiger partial charge in [0.25, 0.3) is 0 Å². The van der Waals surface area contributed by atoms with Crippen molar-refractivity contribution >= 4 is 17.4 Å². The molecule has 2 N–H and O–H groups in total. The average Bonchev–Trinajstić information content (AvgIpc) is 2.09. The Morgan fingerprint density at radius 1 is 1.75 bits per heavy atom. The second-order valence-corrected chi connectivity index (χ2v) is 3.37. The third-order valence-corrected chi connectivity index (χ3v) is 2.24. The van der Waals surface area contributed by atoms with Crippen molar-refractivity contribution in [3.05, 3.63) is 17.8 Å². The molecule has 1 aromatic heterocycles. The molecule has 12 heavy (non-hydrogen) atoms. The van der Waals surface area contributed by atoms with Crippen LogP contribution in [0.1, 0.15) is 12.5 Å². The SMILES string of the molecule is CCSc1nccc(C#N)c1N. The van der Waals surface area contributed by atoms with E-state index in [0.717, 1.165) is 10.8 Å². The molecular weight excluding hydrogens is 170 g/mol. The molecule has 0 saturated heterocycles. The number of nitrogens with zero attached hydrogens (tertiary/aromatic N) is 2. The van der Waals surface area contributed by atoms with Crippen molar-refractivity contribution in [2.24, 2.45) is 0 Å². The van der Waals surface area contributed by atoms with Crippen molar-refractivity contribution in [1.82, 2.24) is 4.98 Å². The van der Waals surface area contributed by atoms with Crippen LogP contribution < -0.4 is 5.73 Å². The lowest BCUT2D eigenvalue weighted by Crippen LogP contribution is -1.95. The van der Waals surface area contributed by atoms with Gasteiger partial charge >= 0.3 is 0 Å². The first-order valence-corrected chi connectivity index (χ1v) is 4.55. The highest BCUT2D eigenvalue weighted by Gasteiger charge is 2.04. The van der Waals surface area contributed by atoms with Gasteiger partial charge in [0.2, 0.25) is 0 Å². The minimum atomic E-state index is 0.492. The van der Waals surface area contributed by atoms with E-state index in [1.807, 2.05) is 13.0 Å². The molecule has 0 aliphatic rings. The second kappa shape index (κ2) is 3.98. The Labute approximate surface area is 75.6 Å². The zero-order valence-corrected chi connectivity index (χ0v) is 7.56. The Kier molecular flexibility index (Phi) is 2.94. The minimum absolute atomic E-state index is 0.492. The number of thioether (sulfide) groups is 1. The summed E-state index contributed by atoms with van der Waals surface area (Å²) in [5.74, 6) is 0.909. The van der Waals surface area contributed by atoms with Crippen molar-refractivity contribution in [1.29, 1.82) is 5.26 Å². The molecule has 0 radical (unpaired) electrons. The summed E-state index contributed by atoms with van der Waals surface area (Å²) in [5.41, 5.74) is 6.67. The summed E-state index contributed by atoms with van der Waals surface area (Å²) in [7, 11) is 0. The fourth-order valence-electron chi connectivity index (χ4n) is 0.803. The van der Waals surface area contributed by atoms with Crippen LogP contribution in [0.5, 0.6) is 0 Å². The summed E-state index contributed by atoms with van der Waals surface area (Å²) < 4.78 is 0. The molecule has 0 amide bonds. The molecule has 0 aliphatic carbocycles. The Hall–Kier alpha value is -1.21. The van der Waals surface area contributed by atoms with Crippen molar-refractivity contribution in [3.8, 4) is 6.07 Å². The molecule has 0 bridgehead atoms. The van der Waals surface area contributed by atoms with Gasteiger partial charge in [-0.3, -0.25) is 0 Å². The van der Waals surface area contributed by atoms with Gasteiger partial charge in [0.05, 0.1) is 11.3 Å². The normalized spacial score (nSPS) is 9.33. The predicted molar refractivity (Wildman–Crippen MR) is 49.8 cm³/mol. The molecule has 0 unspecified atom stereocenters. The standard InChI is InChI=1S/C8H9N3S/c1-2-12-8-7(10)6(5-9)3-4-11-8/h3-4H,2,10H2,1H3. The van der Waals surface area contributed by atoms with Gasteiger partial charge in [0, 0.05) is 6.20 Å². The number of hydrogen-bond acceptors (Lipinski definition) is 4. The Bertz CT molecular complexity index is 317. The lowest BCUT2D eigenvalue weighted by Gasteiger charge is -2.02. The van der Waals surface area contributed by atoms with Gasteiger partial charge in [-0.05, 0) is 11.8 Å².